The van der Waals surface area contributed by atoms with Crippen LogP contribution in [0.15, 0.2) is 42.5 Å². The topological polar surface area (TPSA) is 46.6 Å². The van der Waals surface area contributed by atoms with Crippen LogP contribution in [0.1, 0.15) is 43.5 Å². The van der Waals surface area contributed by atoms with Crippen molar-refractivity contribution in [2.24, 2.45) is 0 Å². The molecule has 2 aromatic rings. The van der Waals surface area contributed by atoms with Gasteiger partial charge in [0.05, 0.1) is 5.56 Å². The fourth-order valence-corrected chi connectivity index (χ4v) is 3.51. The van der Waals surface area contributed by atoms with Gasteiger partial charge in [-0.1, -0.05) is 30.3 Å². The van der Waals surface area contributed by atoms with Crippen molar-refractivity contribution >= 4 is 22.6 Å². The molecule has 0 spiro atoms. The van der Waals surface area contributed by atoms with Gasteiger partial charge in [-0.2, -0.15) is 0 Å². The van der Waals surface area contributed by atoms with Crippen molar-refractivity contribution < 1.29 is 14.3 Å². The molecule has 1 aliphatic rings. The Hall–Kier alpha value is -2.36. The molecule has 0 N–H and O–H groups in total. The summed E-state index contributed by atoms with van der Waals surface area (Å²) >= 11 is 0. The average molecular weight is 325 g/mol. The predicted octanol–water partition coefficient (Wildman–Crippen LogP) is 3.79. The highest BCUT2D eigenvalue weighted by Gasteiger charge is 2.29. The van der Waals surface area contributed by atoms with E-state index in [1.165, 1.54) is 0 Å². The lowest BCUT2D eigenvalue weighted by molar-refractivity contribution is -0.140. The Labute approximate surface area is 142 Å². The minimum absolute atomic E-state index is 0.108. The maximum atomic E-state index is 12.4. The van der Waals surface area contributed by atoms with Gasteiger partial charge in [-0.05, 0) is 56.0 Å². The molecule has 4 nitrogen and oxygen atoms in total. The summed E-state index contributed by atoms with van der Waals surface area (Å²) in [7, 11) is 0. The second kappa shape index (κ2) is 7.04. The first-order valence-corrected chi connectivity index (χ1v) is 8.53. The summed E-state index contributed by atoms with van der Waals surface area (Å²) in [6.07, 6.45) is 3.16. The van der Waals surface area contributed by atoms with E-state index in [0.717, 1.165) is 30.0 Å². The summed E-state index contributed by atoms with van der Waals surface area (Å²) in [5, 5.41) is 2.05. The molecule has 126 valence electrons. The zero-order valence-corrected chi connectivity index (χ0v) is 14.2. The van der Waals surface area contributed by atoms with Crippen LogP contribution in [0.5, 0.6) is 0 Å². The van der Waals surface area contributed by atoms with Crippen molar-refractivity contribution in [3.63, 3.8) is 0 Å². The summed E-state index contributed by atoms with van der Waals surface area (Å²) in [5.41, 5.74) is 0.473. The Morgan fingerprint density at radius 3 is 2.42 bits per heavy atom. The molecule has 1 amide bonds. The Kier molecular flexibility index (Phi) is 4.84. The van der Waals surface area contributed by atoms with Gasteiger partial charge >= 0.3 is 5.97 Å². The quantitative estimate of drug-likeness (QED) is 0.807. The number of rotatable bonds is 3. The van der Waals surface area contributed by atoms with Crippen molar-refractivity contribution in [3.8, 4) is 0 Å². The third-order valence-electron chi connectivity index (χ3n) is 4.79. The van der Waals surface area contributed by atoms with Crippen LogP contribution in [-0.4, -0.2) is 35.5 Å². The Morgan fingerprint density at radius 1 is 1.04 bits per heavy atom. The van der Waals surface area contributed by atoms with E-state index in [4.69, 9.17) is 4.74 Å². The molecule has 1 heterocycles. The van der Waals surface area contributed by atoms with E-state index in [0.29, 0.717) is 5.56 Å². The monoisotopic (exact) mass is 325 g/mol. The summed E-state index contributed by atoms with van der Waals surface area (Å²) in [6, 6.07) is 13.7. The van der Waals surface area contributed by atoms with E-state index >= 15 is 0 Å². The standard InChI is InChI=1S/C20H23NO3/c1-14-6-5-7-15(2)21(14)19(22)13-24-20(23)18-11-10-16-8-3-4-9-17(16)12-18/h3-4,8-12,14-15H,5-7,13H2,1-2H3. The van der Waals surface area contributed by atoms with Gasteiger partial charge in [0, 0.05) is 12.1 Å². The van der Waals surface area contributed by atoms with E-state index in [1.807, 2.05) is 35.2 Å². The van der Waals surface area contributed by atoms with Crippen LogP contribution in [-0.2, 0) is 9.53 Å². The van der Waals surface area contributed by atoms with E-state index in [2.05, 4.69) is 13.8 Å². The van der Waals surface area contributed by atoms with Crippen molar-refractivity contribution in [2.75, 3.05) is 6.61 Å². The number of benzene rings is 2. The zero-order valence-electron chi connectivity index (χ0n) is 14.2. The highest BCUT2D eigenvalue weighted by atomic mass is 16.5. The molecule has 0 saturated carbocycles. The number of carbonyl (C=O) groups excluding carboxylic acids is 2. The van der Waals surface area contributed by atoms with Gasteiger partial charge in [0.25, 0.3) is 5.91 Å². The largest absolute Gasteiger partial charge is 0.452 e. The van der Waals surface area contributed by atoms with E-state index < -0.39 is 5.97 Å². The minimum Gasteiger partial charge on any atom is -0.452 e. The van der Waals surface area contributed by atoms with Gasteiger partial charge < -0.3 is 9.64 Å². The summed E-state index contributed by atoms with van der Waals surface area (Å²) in [5.74, 6) is -0.560. The summed E-state index contributed by atoms with van der Waals surface area (Å²) in [6.45, 7) is 3.91. The van der Waals surface area contributed by atoms with Crippen molar-refractivity contribution in [3.05, 3.63) is 48.0 Å². The van der Waals surface area contributed by atoms with Gasteiger partial charge in [0.1, 0.15) is 0 Å². The fourth-order valence-electron chi connectivity index (χ4n) is 3.51. The number of esters is 1. The second-order valence-corrected chi connectivity index (χ2v) is 6.57. The lowest BCUT2D eigenvalue weighted by atomic mass is 9.97. The van der Waals surface area contributed by atoms with Crippen molar-refractivity contribution in [2.45, 2.75) is 45.2 Å². The Morgan fingerprint density at radius 2 is 1.71 bits per heavy atom. The lowest BCUT2D eigenvalue weighted by Crippen LogP contribution is -2.49. The third-order valence-corrected chi connectivity index (χ3v) is 4.79. The SMILES string of the molecule is CC1CCCC(C)N1C(=O)COC(=O)c1ccc2ccccc2c1. The van der Waals surface area contributed by atoms with Crippen molar-refractivity contribution in [1.82, 2.24) is 4.90 Å². The van der Waals surface area contributed by atoms with Gasteiger partial charge in [-0.25, -0.2) is 4.79 Å². The molecule has 0 bridgehead atoms. The first-order chi connectivity index (χ1) is 11.6. The number of hydrogen-bond acceptors (Lipinski definition) is 3. The van der Waals surface area contributed by atoms with E-state index in [9.17, 15) is 9.59 Å². The molecule has 2 unspecified atom stereocenters. The van der Waals surface area contributed by atoms with E-state index in [-0.39, 0.29) is 24.6 Å². The number of hydrogen-bond donors (Lipinski definition) is 0. The van der Waals surface area contributed by atoms with Crippen LogP contribution in [0.25, 0.3) is 10.8 Å². The Bertz CT molecular complexity index is 745. The summed E-state index contributed by atoms with van der Waals surface area (Å²) < 4.78 is 5.26. The molecule has 0 aromatic heterocycles. The van der Waals surface area contributed by atoms with Crippen LogP contribution in [0, 0.1) is 0 Å². The number of fused-ring (bicyclic) bond motifs is 1. The number of ether oxygens (including phenoxy) is 1. The smallest absolute Gasteiger partial charge is 0.338 e. The summed E-state index contributed by atoms with van der Waals surface area (Å²) in [4.78, 5) is 26.5. The molecule has 1 saturated heterocycles. The predicted molar refractivity (Wildman–Crippen MR) is 93.9 cm³/mol. The molecule has 0 radical (unpaired) electrons. The fraction of sp³-hybridized carbons (Fsp3) is 0.400. The third kappa shape index (κ3) is 3.42. The van der Waals surface area contributed by atoms with Gasteiger partial charge in [0.15, 0.2) is 6.61 Å². The minimum atomic E-state index is -0.452. The molecule has 3 rings (SSSR count). The maximum Gasteiger partial charge on any atom is 0.338 e. The van der Waals surface area contributed by atoms with E-state index in [1.54, 1.807) is 12.1 Å². The number of carbonyl (C=O) groups is 2. The van der Waals surface area contributed by atoms with Crippen LogP contribution in [0.2, 0.25) is 0 Å². The molecule has 0 aliphatic carbocycles. The molecule has 24 heavy (non-hydrogen) atoms. The number of amides is 1. The number of nitrogens with zero attached hydrogens (tertiary/aromatic N) is 1. The molecular weight excluding hydrogens is 302 g/mol. The first-order valence-electron chi connectivity index (χ1n) is 8.53. The molecule has 4 heteroatoms. The maximum absolute atomic E-state index is 12.4. The normalized spacial score (nSPS) is 20.8. The van der Waals surface area contributed by atoms with Crippen LogP contribution < -0.4 is 0 Å². The average Bonchev–Trinajstić information content (AvgIpc) is 2.59. The van der Waals surface area contributed by atoms with Gasteiger partial charge in [-0.15, -0.1) is 0 Å². The lowest BCUT2D eigenvalue weighted by Gasteiger charge is -2.38. The molecule has 2 aromatic carbocycles. The Balaban J connectivity index is 1.64. The zero-order chi connectivity index (χ0) is 17.1. The van der Waals surface area contributed by atoms with Gasteiger partial charge in [0.2, 0.25) is 0 Å². The van der Waals surface area contributed by atoms with Crippen LogP contribution in [0.4, 0.5) is 0 Å². The van der Waals surface area contributed by atoms with Crippen LogP contribution >= 0.6 is 0 Å². The highest BCUT2D eigenvalue weighted by Crippen LogP contribution is 2.22. The molecular formula is C20H23NO3. The first kappa shape index (κ1) is 16.5. The number of piperidine rings is 1. The van der Waals surface area contributed by atoms with Crippen molar-refractivity contribution in [1.29, 1.82) is 0 Å². The van der Waals surface area contributed by atoms with Crippen LogP contribution in [0.3, 0.4) is 0 Å². The molecule has 2 atom stereocenters. The highest BCUT2D eigenvalue weighted by molar-refractivity contribution is 5.96. The van der Waals surface area contributed by atoms with Gasteiger partial charge in [-0.3, -0.25) is 4.79 Å². The second-order valence-electron chi connectivity index (χ2n) is 6.57. The number of likely N-dealkylation sites (tertiary alicyclic amines) is 1. The molecule has 1 fully saturated rings. The molecule has 1 aliphatic heterocycles.